The van der Waals surface area contributed by atoms with E-state index in [1.807, 2.05) is 0 Å². The molecule has 0 spiro atoms. The number of rotatable bonds is 7. The van der Waals surface area contributed by atoms with Gasteiger partial charge in [-0.2, -0.15) is 0 Å². The summed E-state index contributed by atoms with van der Waals surface area (Å²) in [5, 5.41) is 0. The molecule has 0 unspecified atom stereocenters. The zero-order chi connectivity index (χ0) is 11.9. The van der Waals surface area contributed by atoms with E-state index >= 15 is 0 Å². The van der Waals surface area contributed by atoms with Gasteiger partial charge in [0.2, 0.25) is 10.0 Å². The van der Waals surface area contributed by atoms with Gasteiger partial charge in [0.15, 0.2) is 0 Å². The third-order valence-electron chi connectivity index (χ3n) is 2.23. The van der Waals surface area contributed by atoms with Crippen molar-refractivity contribution in [2.75, 3.05) is 13.1 Å². The lowest BCUT2D eigenvalue weighted by Gasteiger charge is -2.19. The maximum Gasteiger partial charge on any atom is 0.216 e. The number of hydrogen-bond donors (Lipinski definition) is 2. The number of nitrogens with two attached hydrogens (primary N) is 1. The molecule has 0 amide bonds. The number of nitrogens with one attached hydrogen (secondary N) is 1. The van der Waals surface area contributed by atoms with E-state index in [0.29, 0.717) is 13.1 Å². The molecule has 0 rings (SSSR count). The first-order valence-electron chi connectivity index (χ1n) is 5.50. The third-order valence-corrected chi connectivity index (χ3v) is 4.43. The van der Waals surface area contributed by atoms with Crippen LogP contribution in [0.5, 0.6) is 0 Å². The van der Waals surface area contributed by atoms with Crippen molar-refractivity contribution in [1.82, 2.24) is 4.72 Å². The minimum atomic E-state index is -3.17. The van der Waals surface area contributed by atoms with E-state index in [1.54, 1.807) is 20.8 Å². The summed E-state index contributed by atoms with van der Waals surface area (Å²) in [6.07, 6.45) is 4.01. The number of hydrogen-bond acceptors (Lipinski definition) is 3. The van der Waals surface area contributed by atoms with Crippen molar-refractivity contribution < 1.29 is 8.42 Å². The molecule has 4 nitrogen and oxygen atoms in total. The number of sulfonamides is 1. The van der Waals surface area contributed by atoms with Gasteiger partial charge in [0.05, 0.1) is 4.75 Å². The van der Waals surface area contributed by atoms with E-state index in [-0.39, 0.29) is 0 Å². The SMILES string of the molecule is CC(C)(C)S(=O)(=O)NCCCCCCN. The van der Waals surface area contributed by atoms with Gasteiger partial charge in [-0.25, -0.2) is 13.1 Å². The lowest BCUT2D eigenvalue weighted by Crippen LogP contribution is -2.39. The Bertz CT molecular complexity index is 255. The minimum absolute atomic E-state index is 0.532. The van der Waals surface area contributed by atoms with E-state index in [9.17, 15) is 8.42 Å². The molecule has 0 aromatic heterocycles. The minimum Gasteiger partial charge on any atom is -0.330 e. The Kier molecular flexibility index (Phi) is 6.40. The Morgan fingerprint density at radius 1 is 1.07 bits per heavy atom. The van der Waals surface area contributed by atoms with E-state index in [1.165, 1.54) is 0 Å². The molecule has 92 valence electrons. The summed E-state index contributed by atoms with van der Waals surface area (Å²) in [6.45, 7) is 6.34. The maximum absolute atomic E-state index is 11.6. The Labute approximate surface area is 93.7 Å². The molecule has 0 aliphatic rings. The second-order valence-electron chi connectivity index (χ2n) is 4.71. The van der Waals surface area contributed by atoms with Gasteiger partial charge in [-0.3, -0.25) is 0 Å². The zero-order valence-corrected chi connectivity index (χ0v) is 10.9. The zero-order valence-electron chi connectivity index (χ0n) is 10.0. The van der Waals surface area contributed by atoms with Crippen molar-refractivity contribution >= 4 is 10.0 Å². The molecular formula is C10H24N2O2S. The lowest BCUT2D eigenvalue weighted by molar-refractivity contribution is 0.539. The molecule has 0 aliphatic heterocycles. The summed E-state index contributed by atoms with van der Waals surface area (Å²) in [5.41, 5.74) is 5.36. The van der Waals surface area contributed by atoms with Gasteiger partial charge in [-0.05, 0) is 40.2 Å². The summed E-state index contributed by atoms with van der Waals surface area (Å²) in [7, 11) is -3.17. The normalized spacial score (nSPS) is 13.1. The highest BCUT2D eigenvalue weighted by molar-refractivity contribution is 7.90. The first-order chi connectivity index (χ1) is 6.81. The second-order valence-corrected chi connectivity index (χ2v) is 7.23. The second kappa shape index (κ2) is 6.45. The van der Waals surface area contributed by atoms with Crippen LogP contribution in [-0.4, -0.2) is 26.3 Å². The van der Waals surface area contributed by atoms with Crippen LogP contribution in [0.2, 0.25) is 0 Å². The Balaban J connectivity index is 3.69. The molecule has 5 heteroatoms. The van der Waals surface area contributed by atoms with Crippen LogP contribution in [0.1, 0.15) is 46.5 Å². The van der Waals surface area contributed by atoms with E-state index in [2.05, 4.69) is 4.72 Å². The van der Waals surface area contributed by atoms with Crippen LogP contribution < -0.4 is 10.5 Å². The van der Waals surface area contributed by atoms with Crippen molar-refractivity contribution in [3.63, 3.8) is 0 Å². The maximum atomic E-state index is 11.6. The fourth-order valence-electron chi connectivity index (χ4n) is 1.05. The molecule has 0 atom stereocenters. The highest BCUT2D eigenvalue weighted by atomic mass is 32.2. The van der Waals surface area contributed by atoms with Crippen molar-refractivity contribution in [1.29, 1.82) is 0 Å². The van der Waals surface area contributed by atoms with Gasteiger partial charge in [0, 0.05) is 6.54 Å². The van der Waals surface area contributed by atoms with Crippen LogP contribution in [0.4, 0.5) is 0 Å². The standard InChI is InChI=1S/C10H24N2O2S/c1-10(2,3)15(13,14)12-9-7-5-4-6-8-11/h12H,4-9,11H2,1-3H3. The van der Waals surface area contributed by atoms with Gasteiger partial charge in [0.1, 0.15) is 0 Å². The first kappa shape index (κ1) is 14.9. The van der Waals surface area contributed by atoms with Gasteiger partial charge < -0.3 is 5.73 Å². The molecule has 3 N–H and O–H groups in total. The molecule has 0 saturated heterocycles. The third kappa shape index (κ3) is 6.12. The number of unbranched alkanes of at least 4 members (excludes halogenated alkanes) is 3. The molecule has 0 aliphatic carbocycles. The highest BCUT2D eigenvalue weighted by Gasteiger charge is 2.27. The quantitative estimate of drug-likeness (QED) is 0.653. The molecule has 15 heavy (non-hydrogen) atoms. The largest absolute Gasteiger partial charge is 0.330 e. The van der Waals surface area contributed by atoms with Crippen molar-refractivity contribution in [2.24, 2.45) is 5.73 Å². The van der Waals surface area contributed by atoms with Crippen molar-refractivity contribution in [3.05, 3.63) is 0 Å². The van der Waals surface area contributed by atoms with E-state index in [4.69, 9.17) is 5.73 Å². The molecule has 0 bridgehead atoms. The van der Waals surface area contributed by atoms with Crippen LogP contribution in [-0.2, 0) is 10.0 Å². The van der Waals surface area contributed by atoms with Crippen LogP contribution in [0.3, 0.4) is 0 Å². The monoisotopic (exact) mass is 236 g/mol. The fraction of sp³-hybridized carbons (Fsp3) is 1.00. The molecule has 0 heterocycles. The van der Waals surface area contributed by atoms with Gasteiger partial charge in [0.25, 0.3) is 0 Å². The summed E-state index contributed by atoms with van der Waals surface area (Å²) in [4.78, 5) is 0. The van der Waals surface area contributed by atoms with E-state index in [0.717, 1.165) is 25.7 Å². The summed E-state index contributed by atoms with van der Waals surface area (Å²) in [6, 6.07) is 0. The smallest absolute Gasteiger partial charge is 0.216 e. The summed E-state index contributed by atoms with van der Waals surface area (Å²) in [5.74, 6) is 0. The van der Waals surface area contributed by atoms with Crippen LogP contribution in [0, 0.1) is 0 Å². The highest BCUT2D eigenvalue weighted by Crippen LogP contribution is 2.12. The Morgan fingerprint density at radius 2 is 1.60 bits per heavy atom. The molecule has 0 saturated carbocycles. The Hall–Kier alpha value is -0.130. The van der Waals surface area contributed by atoms with Gasteiger partial charge >= 0.3 is 0 Å². The molecule has 0 aromatic rings. The van der Waals surface area contributed by atoms with Crippen LogP contribution >= 0.6 is 0 Å². The molecular weight excluding hydrogens is 212 g/mol. The lowest BCUT2D eigenvalue weighted by atomic mass is 10.2. The Morgan fingerprint density at radius 3 is 2.07 bits per heavy atom. The van der Waals surface area contributed by atoms with Gasteiger partial charge in [-0.15, -0.1) is 0 Å². The average molecular weight is 236 g/mol. The summed E-state index contributed by atoms with van der Waals surface area (Å²) < 4.78 is 25.1. The molecule has 0 aromatic carbocycles. The van der Waals surface area contributed by atoms with Crippen LogP contribution in [0.15, 0.2) is 0 Å². The molecule has 0 radical (unpaired) electrons. The van der Waals surface area contributed by atoms with E-state index < -0.39 is 14.8 Å². The van der Waals surface area contributed by atoms with Gasteiger partial charge in [-0.1, -0.05) is 12.8 Å². The summed E-state index contributed by atoms with van der Waals surface area (Å²) >= 11 is 0. The average Bonchev–Trinajstić information content (AvgIpc) is 2.09. The fourth-order valence-corrected chi connectivity index (χ4v) is 1.89. The molecule has 0 fully saturated rings. The first-order valence-corrected chi connectivity index (χ1v) is 6.99. The topological polar surface area (TPSA) is 72.2 Å². The van der Waals surface area contributed by atoms with Crippen LogP contribution in [0.25, 0.3) is 0 Å². The van der Waals surface area contributed by atoms with Crippen molar-refractivity contribution in [3.8, 4) is 0 Å². The van der Waals surface area contributed by atoms with Crippen molar-refractivity contribution in [2.45, 2.75) is 51.2 Å². The predicted molar refractivity (Wildman–Crippen MR) is 64.2 cm³/mol. The predicted octanol–water partition coefficient (Wildman–Crippen LogP) is 1.22.